The van der Waals surface area contributed by atoms with Crippen LogP contribution in [0.1, 0.15) is 41.5 Å². The number of guanidine groups is 1. The average molecular weight is 476 g/mol. The van der Waals surface area contributed by atoms with Crippen molar-refractivity contribution in [3.63, 3.8) is 0 Å². The quantitative estimate of drug-likeness (QED) is 0.354. The highest BCUT2D eigenvalue weighted by Crippen LogP contribution is 2.15. The van der Waals surface area contributed by atoms with E-state index in [1.54, 1.807) is 39.8 Å². The summed E-state index contributed by atoms with van der Waals surface area (Å²) >= 11 is 0. The molecule has 7 nitrogen and oxygen atoms in total. The van der Waals surface area contributed by atoms with E-state index in [1.165, 1.54) is 0 Å². The fourth-order valence-corrected chi connectivity index (χ4v) is 2.72. The highest BCUT2D eigenvalue weighted by Gasteiger charge is 2.28. The molecule has 0 aromatic heterocycles. The highest BCUT2D eigenvalue weighted by molar-refractivity contribution is 14.0. The van der Waals surface area contributed by atoms with Crippen molar-refractivity contribution in [3.8, 4) is 0 Å². The molecule has 0 unspecified atom stereocenters. The molecule has 0 aliphatic rings. The van der Waals surface area contributed by atoms with Gasteiger partial charge in [-0.05, 0) is 41.5 Å². The van der Waals surface area contributed by atoms with Gasteiger partial charge in [0.15, 0.2) is 15.8 Å². The van der Waals surface area contributed by atoms with E-state index in [1.807, 2.05) is 20.8 Å². The maximum atomic E-state index is 12.1. The summed E-state index contributed by atoms with van der Waals surface area (Å²) in [6, 6.07) is 0. The second kappa shape index (κ2) is 9.79. The lowest BCUT2D eigenvalue weighted by atomic mass is 10.1. The molecule has 1 amide bonds. The van der Waals surface area contributed by atoms with Gasteiger partial charge >= 0.3 is 0 Å². The third-order valence-corrected chi connectivity index (χ3v) is 5.66. The van der Waals surface area contributed by atoms with Gasteiger partial charge in [0.25, 0.3) is 0 Å². The van der Waals surface area contributed by atoms with Gasteiger partial charge in [-0.1, -0.05) is 0 Å². The van der Waals surface area contributed by atoms with Crippen LogP contribution in [0.15, 0.2) is 4.99 Å². The highest BCUT2D eigenvalue weighted by atomic mass is 127. The zero-order valence-electron chi connectivity index (χ0n) is 16.1. The summed E-state index contributed by atoms with van der Waals surface area (Å²) in [4.78, 5) is 17.7. The van der Waals surface area contributed by atoms with Gasteiger partial charge in [-0.3, -0.25) is 9.79 Å². The summed E-state index contributed by atoms with van der Waals surface area (Å²) in [6.45, 7) is 11.2. The zero-order valence-corrected chi connectivity index (χ0v) is 19.2. The lowest BCUT2D eigenvalue weighted by molar-refractivity contribution is -0.122. The number of rotatable bonds is 5. The summed E-state index contributed by atoms with van der Waals surface area (Å²) < 4.78 is 23.4. The second-order valence-corrected chi connectivity index (χ2v) is 10.4. The Labute approximate surface area is 164 Å². The fraction of sp³-hybridized carbons (Fsp3) is 0.867. The van der Waals surface area contributed by atoms with Crippen molar-refractivity contribution in [3.05, 3.63) is 0 Å². The van der Waals surface area contributed by atoms with Gasteiger partial charge in [0, 0.05) is 26.2 Å². The molecule has 9 heteroatoms. The van der Waals surface area contributed by atoms with E-state index >= 15 is 0 Å². The Morgan fingerprint density at radius 1 is 1.12 bits per heavy atom. The van der Waals surface area contributed by atoms with Crippen LogP contribution in [-0.2, 0) is 14.6 Å². The SMILES string of the molecule is CN=C(NCCS(=O)(=O)C(C)(C)C)N(C)CC(=O)NC(C)(C)C.I. The molecule has 0 fully saturated rings. The number of hydrogen-bond acceptors (Lipinski definition) is 4. The summed E-state index contributed by atoms with van der Waals surface area (Å²) in [5, 5.41) is 5.85. The monoisotopic (exact) mass is 476 g/mol. The molecule has 2 N–H and O–H groups in total. The molecular formula is C15H33IN4O3S. The maximum Gasteiger partial charge on any atom is 0.240 e. The van der Waals surface area contributed by atoms with E-state index in [-0.39, 0.29) is 54.3 Å². The molecule has 0 rings (SSSR count). The van der Waals surface area contributed by atoms with Crippen LogP contribution >= 0.6 is 24.0 Å². The third-order valence-electron chi connectivity index (χ3n) is 3.06. The van der Waals surface area contributed by atoms with Gasteiger partial charge in [-0.15, -0.1) is 24.0 Å². The topological polar surface area (TPSA) is 90.9 Å². The number of halogens is 1. The smallest absolute Gasteiger partial charge is 0.240 e. The number of carbonyl (C=O) groups is 1. The Hall–Kier alpha value is -0.580. The number of aliphatic imine (C=N–C) groups is 1. The number of nitrogens with zero attached hydrogens (tertiary/aromatic N) is 2. The Morgan fingerprint density at radius 3 is 2.00 bits per heavy atom. The molecule has 0 saturated heterocycles. The van der Waals surface area contributed by atoms with Crippen molar-refractivity contribution in [2.24, 2.45) is 4.99 Å². The van der Waals surface area contributed by atoms with Crippen LogP contribution in [-0.4, -0.2) is 68.4 Å². The summed E-state index contributed by atoms with van der Waals surface area (Å²) in [5.41, 5.74) is -0.296. The van der Waals surface area contributed by atoms with Crippen molar-refractivity contribution in [1.82, 2.24) is 15.5 Å². The lowest BCUT2D eigenvalue weighted by Crippen LogP contribution is -2.49. The van der Waals surface area contributed by atoms with E-state index < -0.39 is 14.6 Å². The molecule has 0 aromatic carbocycles. The predicted molar refractivity (Wildman–Crippen MR) is 111 cm³/mol. The molecule has 24 heavy (non-hydrogen) atoms. The summed E-state index contributed by atoms with van der Waals surface area (Å²) in [5.74, 6) is 0.376. The predicted octanol–water partition coefficient (Wildman–Crippen LogP) is 1.24. The van der Waals surface area contributed by atoms with Gasteiger partial charge in [-0.25, -0.2) is 8.42 Å². The van der Waals surface area contributed by atoms with Crippen LogP contribution in [0.2, 0.25) is 0 Å². The van der Waals surface area contributed by atoms with Crippen molar-refractivity contribution in [2.75, 3.05) is 32.9 Å². The number of amides is 1. The van der Waals surface area contributed by atoms with Crippen molar-refractivity contribution in [2.45, 2.75) is 51.8 Å². The first-order valence-corrected chi connectivity index (χ1v) is 9.30. The average Bonchev–Trinajstić information content (AvgIpc) is 2.30. The molecule has 0 saturated carbocycles. The minimum Gasteiger partial charge on any atom is -0.355 e. The molecule has 0 heterocycles. The van der Waals surface area contributed by atoms with Gasteiger partial charge < -0.3 is 15.5 Å². The van der Waals surface area contributed by atoms with Crippen LogP contribution in [0.25, 0.3) is 0 Å². The van der Waals surface area contributed by atoms with Crippen molar-refractivity contribution < 1.29 is 13.2 Å². The number of nitrogens with one attached hydrogen (secondary N) is 2. The first-order valence-electron chi connectivity index (χ1n) is 7.65. The van der Waals surface area contributed by atoms with Crippen LogP contribution < -0.4 is 10.6 Å². The van der Waals surface area contributed by atoms with Crippen LogP contribution in [0.3, 0.4) is 0 Å². The van der Waals surface area contributed by atoms with E-state index in [9.17, 15) is 13.2 Å². The molecule has 0 atom stereocenters. The third kappa shape index (κ3) is 9.65. The number of likely N-dealkylation sites (N-methyl/N-ethyl adjacent to an activating group) is 1. The van der Waals surface area contributed by atoms with Crippen LogP contribution in [0.4, 0.5) is 0 Å². The van der Waals surface area contributed by atoms with E-state index in [4.69, 9.17) is 0 Å². The maximum absolute atomic E-state index is 12.1. The van der Waals surface area contributed by atoms with E-state index in [0.29, 0.717) is 5.96 Å². The molecule has 144 valence electrons. The Morgan fingerprint density at radius 2 is 1.62 bits per heavy atom. The van der Waals surface area contributed by atoms with E-state index in [0.717, 1.165) is 0 Å². The van der Waals surface area contributed by atoms with E-state index in [2.05, 4.69) is 15.6 Å². The van der Waals surface area contributed by atoms with Gasteiger partial charge in [0.1, 0.15) is 0 Å². The minimum atomic E-state index is -3.19. The largest absolute Gasteiger partial charge is 0.355 e. The van der Waals surface area contributed by atoms with Crippen LogP contribution in [0.5, 0.6) is 0 Å². The van der Waals surface area contributed by atoms with Gasteiger partial charge in [-0.2, -0.15) is 0 Å². The van der Waals surface area contributed by atoms with Gasteiger partial charge in [0.05, 0.1) is 17.0 Å². The second-order valence-electron chi connectivity index (χ2n) is 7.56. The summed E-state index contributed by atoms with van der Waals surface area (Å²) in [7, 11) is 0.138. The minimum absolute atomic E-state index is 0. The molecule has 0 aliphatic heterocycles. The molecular weight excluding hydrogens is 443 g/mol. The molecule has 0 aromatic rings. The summed E-state index contributed by atoms with van der Waals surface area (Å²) in [6.07, 6.45) is 0. The molecule has 0 aliphatic carbocycles. The fourth-order valence-electron chi connectivity index (χ4n) is 1.74. The number of carbonyl (C=O) groups excluding carboxylic acids is 1. The number of sulfone groups is 1. The first kappa shape index (κ1) is 25.7. The lowest BCUT2D eigenvalue weighted by Gasteiger charge is -2.26. The molecule has 0 radical (unpaired) electrons. The Balaban J connectivity index is 0. The normalized spacial score (nSPS) is 13.1. The van der Waals surface area contributed by atoms with Gasteiger partial charge in [0.2, 0.25) is 5.91 Å². The Bertz CT molecular complexity index is 534. The Kier molecular flexibility index (Phi) is 10.5. The first-order chi connectivity index (χ1) is 10.2. The molecule has 0 spiro atoms. The zero-order chi connectivity index (χ0) is 18.5. The standard InChI is InChI=1S/C15H32N4O3S.HI/c1-14(2,3)18-12(20)11-19(8)13(16-7)17-9-10-23(21,22)15(4,5)6;/h9-11H2,1-8H3,(H,16,17)(H,18,20);1H. The number of hydrogen-bond donors (Lipinski definition) is 2. The van der Waals surface area contributed by atoms with Crippen molar-refractivity contribution in [1.29, 1.82) is 0 Å². The molecule has 0 bridgehead atoms. The van der Waals surface area contributed by atoms with Crippen molar-refractivity contribution >= 4 is 45.7 Å². The van der Waals surface area contributed by atoms with Crippen LogP contribution in [0, 0.1) is 0 Å².